The molecule has 0 spiro atoms. The summed E-state index contributed by atoms with van der Waals surface area (Å²) in [6, 6.07) is 2.00. The fraction of sp³-hybridized carbons (Fsp3) is 0.500. The molecule has 1 aliphatic rings. The van der Waals surface area contributed by atoms with Gasteiger partial charge in [-0.25, -0.2) is 0 Å². The van der Waals surface area contributed by atoms with Gasteiger partial charge in [0.2, 0.25) is 0 Å². The number of hydrogen-bond acceptors (Lipinski definition) is 4. The van der Waals surface area contributed by atoms with Crippen molar-refractivity contribution in [3.63, 3.8) is 0 Å². The Morgan fingerprint density at radius 3 is 3.11 bits per heavy atom. The molecule has 0 saturated heterocycles. The summed E-state index contributed by atoms with van der Waals surface area (Å²) in [5, 5.41) is 13.5. The third kappa shape index (κ3) is 3.57. The molecule has 0 atom stereocenters. The maximum Gasteiger partial charge on any atom is 0.262 e. The zero-order valence-corrected chi connectivity index (χ0v) is 11.6. The van der Waals surface area contributed by atoms with Crippen molar-refractivity contribution < 1.29 is 14.6 Å². The van der Waals surface area contributed by atoms with Gasteiger partial charge >= 0.3 is 0 Å². The number of hydrogen-bond donors (Lipinski definition) is 2. The van der Waals surface area contributed by atoms with Gasteiger partial charge in [-0.2, -0.15) is 0 Å². The van der Waals surface area contributed by atoms with Gasteiger partial charge in [-0.3, -0.25) is 4.79 Å². The molecular weight excluding hydrogens is 262 g/mol. The smallest absolute Gasteiger partial charge is 0.262 e. The van der Waals surface area contributed by atoms with Crippen LogP contribution in [0.15, 0.2) is 11.4 Å². The van der Waals surface area contributed by atoms with E-state index in [2.05, 4.69) is 17.2 Å². The topological polar surface area (TPSA) is 58.6 Å². The van der Waals surface area contributed by atoms with Gasteiger partial charge in [-0.1, -0.05) is 11.8 Å². The van der Waals surface area contributed by atoms with E-state index in [-0.39, 0.29) is 24.7 Å². The predicted octanol–water partition coefficient (Wildman–Crippen LogP) is 1.39. The van der Waals surface area contributed by atoms with E-state index in [1.807, 2.05) is 12.3 Å². The molecule has 0 unspecified atom stereocenters. The lowest BCUT2D eigenvalue weighted by molar-refractivity contribution is -0.00859. The van der Waals surface area contributed by atoms with Crippen LogP contribution in [0.2, 0.25) is 0 Å². The van der Waals surface area contributed by atoms with Crippen LogP contribution in [0.4, 0.5) is 0 Å². The van der Waals surface area contributed by atoms with Crippen molar-refractivity contribution in [2.45, 2.75) is 31.9 Å². The molecule has 2 N–H and O–H groups in total. The highest BCUT2D eigenvalue weighted by molar-refractivity contribution is 7.12. The van der Waals surface area contributed by atoms with Crippen LogP contribution in [0.25, 0.3) is 0 Å². The molecule has 19 heavy (non-hydrogen) atoms. The fourth-order valence-electron chi connectivity index (χ4n) is 2.02. The van der Waals surface area contributed by atoms with Gasteiger partial charge in [0.1, 0.15) is 11.5 Å². The Balaban J connectivity index is 1.89. The number of rotatable bonds is 4. The molecule has 2 rings (SSSR count). The first kappa shape index (κ1) is 14.1. The summed E-state index contributed by atoms with van der Waals surface area (Å²) in [7, 11) is 0. The van der Waals surface area contributed by atoms with Crippen LogP contribution >= 0.6 is 11.3 Å². The van der Waals surface area contributed by atoms with Gasteiger partial charge in [0.25, 0.3) is 5.91 Å². The SMILES string of the molecule is CCOC1CC(NC(=O)c2sccc2C#CCO)C1. The molecule has 1 aromatic heterocycles. The standard InChI is InChI=1S/C14H17NO3S/c1-2-18-12-8-11(9-12)15-14(17)13-10(4-3-6-16)5-7-19-13/h5,7,11-12,16H,2,6,8-9H2,1H3,(H,15,17). The molecule has 0 aliphatic heterocycles. The van der Waals surface area contributed by atoms with Gasteiger partial charge in [0.15, 0.2) is 0 Å². The Hall–Kier alpha value is -1.35. The van der Waals surface area contributed by atoms with Gasteiger partial charge in [-0.05, 0) is 31.2 Å². The van der Waals surface area contributed by atoms with E-state index >= 15 is 0 Å². The van der Waals surface area contributed by atoms with Crippen LogP contribution in [-0.4, -0.2) is 36.4 Å². The van der Waals surface area contributed by atoms with Crippen molar-refractivity contribution in [1.29, 1.82) is 0 Å². The molecular formula is C14H17NO3S. The number of carbonyl (C=O) groups excluding carboxylic acids is 1. The van der Waals surface area contributed by atoms with E-state index in [9.17, 15) is 4.79 Å². The highest BCUT2D eigenvalue weighted by Gasteiger charge is 2.31. The molecule has 5 heteroatoms. The van der Waals surface area contributed by atoms with Crippen LogP contribution < -0.4 is 5.32 Å². The van der Waals surface area contributed by atoms with E-state index < -0.39 is 0 Å². The number of carbonyl (C=O) groups is 1. The van der Waals surface area contributed by atoms with Crippen molar-refractivity contribution in [1.82, 2.24) is 5.32 Å². The first-order chi connectivity index (χ1) is 9.24. The zero-order valence-electron chi connectivity index (χ0n) is 10.8. The molecule has 1 aliphatic carbocycles. The molecule has 0 aromatic carbocycles. The lowest BCUT2D eigenvalue weighted by Crippen LogP contribution is -2.47. The Labute approximate surface area is 116 Å². The quantitative estimate of drug-likeness (QED) is 0.819. The van der Waals surface area contributed by atoms with Crippen LogP contribution in [0.1, 0.15) is 35.0 Å². The molecule has 1 amide bonds. The second-order valence-electron chi connectivity index (χ2n) is 4.34. The van der Waals surface area contributed by atoms with Crippen LogP contribution in [0.3, 0.4) is 0 Å². The molecule has 102 valence electrons. The van der Waals surface area contributed by atoms with E-state index in [1.165, 1.54) is 11.3 Å². The van der Waals surface area contributed by atoms with Gasteiger partial charge in [0, 0.05) is 18.2 Å². The minimum atomic E-state index is -0.199. The average molecular weight is 279 g/mol. The highest BCUT2D eigenvalue weighted by Crippen LogP contribution is 2.24. The third-order valence-electron chi connectivity index (χ3n) is 3.01. The minimum absolute atomic E-state index is 0.0859. The predicted molar refractivity (Wildman–Crippen MR) is 74.2 cm³/mol. The maximum absolute atomic E-state index is 12.1. The van der Waals surface area contributed by atoms with Crippen molar-refractivity contribution in [2.24, 2.45) is 0 Å². The molecule has 4 nitrogen and oxygen atoms in total. The summed E-state index contributed by atoms with van der Waals surface area (Å²) in [6.45, 7) is 2.50. The second-order valence-corrected chi connectivity index (χ2v) is 5.26. The van der Waals surface area contributed by atoms with E-state index in [0.29, 0.717) is 10.4 Å². The Kier molecular flexibility index (Phi) is 4.97. The van der Waals surface area contributed by atoms with Crippen molar-refractivity contribution in [2.75, 3.05) is 13.2 Å². The molecule has 1 heterocycles. The Morgan fingerprint density at radius 2 is 2.42 bits per heavy atom. The summed E-state index contributed by atoms with van der Waals surface area (Å²) in [5.41, 5.74) is 0.678. The number of amides is 1. The molecule has 0 bridgehead atoms. The highest BCUT2D eigenvalue weighted by atomic mass is 32.1. The van der Waals surface area contributed by atoms with Crippen LogP contribution in [0, 0.1) is 11.8 Å². The number of aliphatic hydroxyl groups is 1. The van der Waals surface area contributed by atoms with Gasteiger partial charge < -0.3 is 15.2 Å². The summed E-state index contributed by atoms with van der Waals surface area (Å²) in [6.07, 6.45) is 2.04. The third-order valence-corrected chi connectivity index (χ3v) is 3.92. The fourth-order valence-corrected chi connectivity index (χ4v) is 2.78. The minimum Gasteiger partial charge on any atom is -0.384 e. The summed E-state index contributed by atoms with van der Waals surface area (Å²) >= 11 is 1.37. The Morgan fingerprint density at radius 1 is 1.63 bits per heavy atom. The van der Waals surface area contributed by atoms with Crippen molar-refractivity contribution in [3.8, 4) is 11.8 Å². The molecule has 0 radical (unpaired) electrons. The van der Waals surface area contributed by atoms with Crippen molar-refractivity contribution >= 4 is 17.2 Å². The van der Waals surface area contributed by atoms with Crippen molar-refractivity contribution in [3.05, 3.63) is 21.9 Å². The largest absolute Gasteiger partial charge is 0.384 e. The summed E-state index contributed by atoms with van der Waals surface area (Å²) < 4.78 is 5.46. The van der Waals surface area contributed by atoms with E-state index in [0.717, 1.165) is 19.4 Å². The summed E-state index contributed by atoms with van der Waals surface area (Å²) in [5.74, 6) is 5.26. The monoisotopic (exact) mass is 279 g/mol. The average Bonchev–Trinajstić information content (AvgIpc) is 2.82. The molecule has 1 aromatic rings. The zero-order chi connectivity index (χ0) is 13.7. The number of ether oxygens (including phenoxy) is 1. The number of thiophene rings is 1. The van der Waals surface area contributed by atoms with Gasteiger partial charge in [0.05, 0.1) is 6.10 Å². The van der Waals surface area contributed by atoms with Crippen LogP contribution in [-0.2, 0) is 4.74 Å². The Bertz CT molecular complexity index is 494. The normalized spacial score (nSPS) is 21.2. The first-order valence-corrected chi connectivity index (χ1v) is 7.22. The molecule has 1 saturated carbocycles. The van der Waals surface area contributed by atoms with E-state index in [1.54, 1.807) is 6.07 Å². The number of aliphatic hydroxyl groups excluding tert-OH is 1. The van der Waals surface area contributed by atoms with E-state index in [4.69, 9.17) is 9.84 Å². The lowest BCUT2D eigenvalue weighted by atomic mass is 9.89. The second kappa shape index (κ2) is 6.71. The van der Waals surface area contributed by atoms with Crippen LogP contribution in [0.5, 0.6) is 0 Å². The first-order valence-electron chi connectivity index (χ1n) is 6.34. The molecule has 1 fully saturated rings. The lowest BCUT2D eigenvalue weighted by Gasteiger charge is -2.35. The van der Waals surface area contributed by atoms with Gasteiger partial charge in [-0.15, -0.1) is 11.3 Å². The summed E-state index contributed by atoms with van der Waals surface area (Å²) in [4.78, 5) is 12.7. The maximum atomic E-state index is 12.1. The number of nitrogens with one attached hydrogen (secondary N) is 1.